The van der Waals surface area contributed by atoms with Crippen LogP contribution in [0.1, 0.15) is 49.3 Å². The fourth-order valence-electron chi connectivity index (χ4n) is 3.66. The predicted octanol–water partition coefficient (Wildman–Crippen LogP) is 7.00. The summed E-state index contributed by atoms with van der Waals surface area (Å²) < 4.78 is 0. The van der Waals surface area contributed by atoms with E-state index in [4.69, 9.17) is 11.6 Å². The molecule has 0 heterocycles. The molecule has 3 rings (SSSR count). The molecule has 0 radical (unpaired) electrons. The summed E-state index contributed by atoms with van der Waals surface area (Å²) >= 11 is 6.03. The first-order chi connectivity index (χ1) is 13.3. The van der Waals surface area contributed by atoms with Crippen LogP contribution in [0.3, 0.4) is 0 Å². The first-order valence-corrected chi connectivity index (χ1v) is 10.2. The molecule has 0 amide bonds. The summed E-state index contributed by atoms with van der Waals surface area (Å²) in [6, 6.07) is 19.4. The number of halogens is 1. The topological polar surface area (TPSA) is 12.0 Å². The van der Waals surface area contributed by atoms with Gasteiger partial charge in [0.25, 0.3) is 0 Å². The van der Waals surface area contributed by atoms with Crippen molar-refractivity contribution in [1.29, 1.82) is 0 Å². The number of hydrogen-bond donors (Lipinski definition) is 1. The van der Waals surface area contributed by atoms with Crippen molar-refractivity contribution < 1.29 is 0 Å². The largest absolute Gasteiger partial charge is 0.310 e. The van der Waals surface area contributed by atoms with Crippen LogP contribution < -0.4 is 5.32 Å². The molecule has 1 N–H and O–H groups in total. The van der Waals surface area contributed by atoms with E-state index in [-0.39, 0.29) is 0 Å². The molecule has 1 aliphatic carbocycles. The Morgan fingerprint density at radius 2 is 1.74 bits per heavy atom. The van der Waals surface area contributed by atoms with Crippen LogP contribution in [0.5, 0.6) is 0 Å². The van der Waals surface area contributed by atoms with Gasteiger partial charge in [-0.05, 0) is 54.6 Å². The van der Waals surface area contributed by atoms with Gasteiger partial charge in [-0.3, -0.25) is 0 Å². The van der Waals surface area contributed by atoms with Gasteiger partial charge in [0.1, 0.15) is 0 Å². The molecule has 27 heavy (non-hydrogen) atoms. The third kappa shape index (κ3) is 5.69. The van der Waals surface area contributed by atoms with E-state index in [1.54, 1.807) is 0 Å². The molecular formula is C25H28ClN. The molecule has 140 valence electrons. The summed E-state index contributed by atoms with van der Waals surface area (Å²) in [5.41, 5.74) is 4.10. The third-order valence-electron chi connectivity index (χ3n) is 5.13. The number of rotatable bonds is 8. The average Bonchev–Trinajstić information content (AvgIpc) is 2.99. The van der Waals surface area contributed by atoms with E-state index in [1.807, 2.05) is 12.1 Å². The third-order valence-corrected chi connectivity index (χ3v) is 5.39. The second kappa shape index (κ2) is 10.3. The molecule has 2 aromatic rings. The molecular weight excluding hydrogens is 350 g/mol. The van der Waals surface area contributed by atoms with Crippen molar-refractivity contribution in [2.24, 2.45) is 0 Å². The van der Waals surface area contributed by atoms with E-state index in [9.17, 15) is 0 Å². The van der Waals surface area contributed by atoms with Gasteiger partial charge in [-0.1, -0.05) is 91.4 Å². The molecule has 0 bridgehead atoms. The SMILES string of the molecule is CCC(NCCC(C1=CCC=CC=C1)c1ccccc1)c1ccc(Cl)cc1. The molecule has 2 atom stereocenters. The first kappa shape index (κ1) is 19.7. The lowest BCUT2D eigenvalue weighted by molar-refractivity contribution is 0.498. The molecule has 2 unspecified atom stereocenters. The summed E-state index contributed by atoms with van der Waals surface area (Å²) in [5, 5.41) is 4.54. The lowest BCUT2D eigenvalue weighted by Crippen LogP contribution is -2.23. The zero-order valence-corrected chi connectivity index (χ0v) is 16.7. The monoisotopic (exact) mass is 377 g/mol. The van der Waals surface area contributed by atoms with Crippen molar-refractivity contribution in [3.8, 4) is 0 Å². The van der Waals surface area contributed by atoms with E-state index in [1.165, 1.54) is 16.7 Å². The highest BCUT2D eigenvalue weighted by Crippen LogP contribution is 2.30. The van der Waals surface area contributed by atoms with Gasteiger partial charge in [0, 0.05) is 17.0 Å². The zero-order valence-electron chi connectivity index (χ0n) is 15.9. The molecule has 1 aliphatic rings. The van der Waals surface area contributed by atoms with Crippen molar-refractivity contribution >= 4 is 11.6 Å². The highest BCUT2D eigenvalue weighted by Gasteiger charge is 2.16. The predicted molar refractivity (Wildman–Crippen MR) is 117 cm³/mol. The minimum absolute atomic E-state index is 0.360. The summed E-state index contributed by atoms with van der Waals surface area (Å²) in [6.45, 7) is 3.20. The van der Waals surface area contributed by atoms with Crippen LogP contribution in [-0.2, 0) is 0 Å². The van der Waals surface area contributed by atoms with E-state index < -0.39 is 0 Å². The van der Waals surface area contributed by atoms with Crippen LogP contribution in [0.4, 0.5) is 0 Å². The fraction of sp³-hybridized carbons (Fsp3) is 0.280. The molecule has 0 saturated heterocycles. The van der Waals surface area contributed by atoms with Gasteiger partial charge in [-0.25, -0.2) is 0 Å². The second-order valence-electron chi connectivity index (χ2n) is 6.95. The standard InChI is InChI=1S/C25H28ClN/c1-2-25(22-14-16-23(26)17-15-22)27-19-18-24(21-12-8-5-9-13-21)20-10-6-3-4-7-11-20/h3-6,8-17,24-25,27H,2,7,18-19H2,1H3. The quantitative estimate of drug-likeness (QED) is 0.522. The van der Waals surface area contributed by atoms with Gasteiger partial charge in [0.2, 0.25) is 0 Å². The molecule has 0 aromatic heterocycles. The van der Waals surface area contributed by atoms with Gasteiger partial charge in [-0.2, -0.15) is 0 Å². The van der Waals surface area contributed by atoms with Gasteiger partial charge in [0.15, 0.2) is 0 Å². The van der Waals surface area contributed by atoms with Crippen LogP contribution in [0.25, 0.3) is 0 Å². The Hall–Kier alpha value is -2.09. The number of nitrogens with one attached hydrogen (secondary N) is 1. The average molecular weight is 378 g/mol. The fourth-order valence-corrected chi connectivity index (χ4v) is 3.79. The maximum absolute atomic E-state index is 6.03. The Kier molecular flexibility index (Phi) is 7.50. The molecule has 0 aliphatic heterocycles. The minimum atomic E-state index is 0.360. The Bertz CT molecular complexity index is 787. The zero-order chi connectivity index (χ0) is 18.9. The highest BCUT2D eigenvalue weighted by atomic mass is 35.5. The molecule has 2 aromatic carbocycles. The lowest BCUT2D eigenvalue weighted by atomic mass is 9.87. The van der Waals surface area contributed by atoms with Gasteiger partial charge >= 0.3 is 0 Å². The van der Waals surface area contributed by atoms with Crippen molar-refractivity contribution in [3.05, 3.63) is 107 Å². The molecule has 2 heteroatoms. The maximum Gasteiger partial charge on any atom is 0.0406 e. The van der Waals surface area contributed by atoms with Gasteiger partial charge in [-0.15, -0.1) is 0 Å². The first-order valence-electron chi connectivity index (χ1n) is 9.85. The minimum Gasteiger partial charge on any atom is -0.310 e. The Morgan fingerprint density at radius 1 is 0.963 bits per heavy atom. The van der Waals surface area contributed by atoms with Gasteiger partial charge in [0.05, 0.1) is 0 Å². The van der Waals surface area contributed by atoms with E-state index in [0.717, 1.165) is 30.8 Å². The smallest absolute Gasteiger partial charge is 0.0406 e. The van der Waals surface area contributed by atoms with Crippen molar-refractivity contribution in [2.75, 3.05) is 6.54 Å². The van der Waals surface area contributed by atoms with Crippen LogP contribution in [0.2, 0.25) is 5.02 Å². The number of benzene rings is 2. The Labute approximate surface area is 168 Å². The van der Waals surface area contributed by atoms with Crippen molar-refractivity contribution in [1.82, 2.24) is 5.32 Å². The van der Waals surface area contributed by atoms with Crippen molar-refractivity contribution in [2.45, 2.75) is 38.1 Å². The summed E-state index contributed by atoms with van der Waals surface area (Å²) in [7, 11) is 0. The maximum atomic E-state index is 6.03. The summed E-state index contributed by atoms with van der Waals surface area (Å²) in [6.07, 6.45) is 14.3. The van der Waals surface area contributed by atoms with Crippen LogP contribution in [0, 0.1) is 0 Å². The molecule has 0 saturated carbocycles. The van der Waals surface area contributed by atoms with E-state index in [0.29, 0.717) is 12.0 Å². The Morgan fingerprint density at radius 3 is 2.48 bits per heavy atom. The molecule has 0 spiro atoms. The summed E-state index contributed by atoms with van der Waals surface area (Å²) in [5.74, 6) is 0.414. The van der Waals surface area contributed by atoms with Gasteiger partial charge < -0.3 is 5.32 Å². The van der Waals surface area contributed by atoms with E-state index in [2.05, 4.69) is 85.1 Å². The van der Waals surface area contributed by atoms with Crippen LogP contribution in [0.15, 0.2) is 90.6 Å². The van der Waals surface area contributed by atoms with Crippen molar-refractivity contribution in [3.63, 3.8) is 0 Å². The molecule has 0 fully saturated rings. The highest BCUT2D eigenvalue weighted by molar-refractivity contribution is 6.30. The lowest BCUT2D eigenvalue weighted by Gasteiger charge is -2.22. The van der Waals surface area contributed by atoms with Crippen LogP contribution in [-0.4, -0.2) is 6.54 Å². The molecule has 1 nitrogen and oxygen atoms in total. The Balaban J connectivity index is 1.69. The second-order valence-corrected chi connectivity index (χ2v) is 7.38. The van der Waals surface area contributed by atoms with Crippen LogP contribution >= 0.6 is 11.6 Å². The number of allylic oxidation sites excluding steroid dienone is 6. The number of hydrogen-bond acceptors (Lipinski definition) is 1. The summed E-state index contributed by atoms with van der Waals surface area (Å²) in [4.78, 5) is 0. The van der Waals surface area contributed by atoms with E-state index >= 15 is 0 Å². The normalized spacial score (nSPS) is 15.9.